The predicted molar refractivity (Wildman–Crippen MR) is 143 cm³/mol. The lowest BCUT2D eigenvalue weighted by molar-refractivity contribution is -0.133. The molecular weight excluding hydrogens is 496 g/mol. The van der Waals surface area contributed by atoms with E-state index in [1.807, 2.05) is 72.8 Å². The molecule has 0 unspecified atom stereocenters. The van der Waals surface area contributed by atoms with Crippen LogP contribution in [0, 0.1) is 0 Å². The molecule has 0 aliphatic carbocycles. The maximum absolute atomic E-state index is 14.0. The zero-order chi connectivity index (χ0) is 27.0. The predicted octanol–water partition coefficient (Wildman–Crippen LogP) is 4.02. The van der Waals surface area contributed by atoms with E-state index in [0.29, 0.717) is 28.6 Å². The first-order chi connectivity index (χ1) is 19.0. The summed E-state index contributed by atoms with van der Waals surface area (Å²) < 4.78 is 18.1. The number of amides is 2. The molecule has 6 rings (SSSR count). The highest BCUT2D eigenvalue weighted by atomic mass is 16.7. The van der Waals surface area contributed by atoms with Gasteiger partial charge in [-0.25, -0.2) is 0 Å². The van der Waals surface area contributed by atoms with Gasteiger partial charge >= 0.3 is 0 Å². The molecule has 3 aromatic carbocycles. The van der Waals surface area contributed by atoms with Gasteiger partial charge in [0, 0.05) is 24.2 Å². The normalized spacial score (nSPS) is 17.6. The van der Waals surface area contributed by atoms with Crippen molar-refractivity contribution in [2.45, 2.75) is 32.1 Å². The number of hydrogen-bond donors (Lipinski definition) is 1. The van der Waals surface area contributed by atoms with Crippen molar-refractivity contribution in [2.24, 2.45) is 0 Å². The summed E-state index contributed by atoms with van der Waals surface area (Å²) in [5, 5.41) is 7.75. The second kappa shape index (κ2) is 9.83. The molecule has 3 heterocycles. The lowest BCUT2D eigenvalue weighted by atomic mass is 9.93. The number of carbonyl (C=O) groups excluding carboxylic acids is 2. The zero-order valence-corrected chi connectivity index (χ0v) is 21.7. The van der Waals surface area contributed by atoms with Gasteiger partial charge in [0.25, 0.3) is 5.91 Å². The van der Waals surface area contributed by atoms with Crippen molar-refractivity contribution < 1.29 is 23.8 Å². The second-order valence-corrected chi connectivity index (χ2v) is 9.79. The fourth-order valence-corrected chi connectivity index (χ4v) is 5.08. The van der Waals surface area contributed by atoms with E-state index in [2.05, 4.69) is 5.32 Å². The van der Waals surface area contributed by atoms with E-state index in [4.69, 9.17) is 19.3 Å². The number of carbonyl (C=O) groups is 2. The number of nitrogens with one attached hydrogen (secondary N) is 1. The summed E-state index contributed by atoms with van der Waals surface area (Å²) in [4.78, 5) is 29.5. The average Bonchev–Trinajstić information content (AvgIpc) is 3.61. The summed E-state index contributed by atoms with van der Waals surface area (Å²) in [6.07, 6.45) is 0. The minimum Gasteiger partial charge on any atom is -0.496 e. The highest BCUT2D eigenvalue weighted by molar-refractivity contribution is 6.00. The third kappa shape index (κ3) is 4.46. The standard InChI is InChI=1S/C30H28N4O5/c1-30(29(36)31-16-22-10-6-7-11-25(22)37-2)18-34-24(15-23(32-34)21-8-4-3-5-9-21)28(35)33(30)17-20-12-13-26-27(14-20)39-19-38-26/h3-15H,16-19H2,1-2H3,(H,31,36)/t30-/m0/s1. The number of fused-ring (bicyclic) bond motifs is 2. The van der Waals surface area contributed by atoms with Gasteiger partial charge in [0.15, 0.2) is 11.5 Å². The van der Waals surface area contributed by atoms with Crippen molar-refractivity contribution in [3.05, 3.63) is 95.7 Å². The molecule has 9 nitrogen and oxygen atoms in total. The van der Waals surface area contributed by atoms with Crippen molar-refractivity contribution in [1.29, 1.82) is 0 Å². The van der Waals surface area contributed by atoms with Gasteiger partial charge in [-0.15, -0.1) is 0 Å². The van der Waals surface area contributed by atoms with E-state index in [1.54, 1.807) is 29.7 Å². The smallest absolute Gasteiger partial charge is 0.273 e. The molecule has 1 N–H and O–H groups in total. The van der Waals surface area contributed by atoms with Gasteiger partial charge in [-0.3, -0.25) is 14.3 Å². The second-order valence-electron chi connectivity index (χ2n) is 9.79. The van der Waals surface area contributed by atoms with Gasteiger partial charge in [-0.2, -0.15) is 5.10 Å². The van der Waals surface area contributed by atoms with E-state index in [9.17, 15) is 9.59 Å². The molecule has 2 aliphatic heterocycles. The van der Waals surface area contributed by atoms with E-state index in [-0.39, 0.29) is 38.2 Å². The molecule has 4 aromatic rings. The SMILES string of the molecule is COc1ccccc1CNC(=O)[C@]1(C)Cn2nc(-c3ccccc3)cc2C(=O)N1Cc1ccc2c(c1)OCO2. The maximum atomic E-state index is 14.0. The molecule has 1 aromatic heterocycles. The van der Waals surface area contributed by atoms with Crippen molar-refractivity contribution in [1.82, 2.24) is 20.0 Å². The first-order valence-electron chi connectivity index (χ1n) is 12.7. The number of rotatable bonds is 7. The molecule has 1 atom stereocenters. The number of nitrogens with zero attached hydrogens (tertiary/aromatic N) is 3. The van der Waals surface area contributed by atoms with Crippen LogP contribution in [-0.2, 0) is 24.4 Å². The van der Waals surface area contributed by atoms with Gasteiger partial charge in [-0.1, -0.05) is 54.6 Å². The maximum Gasteiger partial charge on any atom is 0.273 e. The molecule has 0 saturated heterocycles. The van der Waals surface area contributed by atoms with Crippen LogP contribution in [0.3, 0.4) is 0 Å². The Bertz CT molecular complexity index is 1550. The van der Waals surface area contributed by atoms with Crippen LogP contribution in [0.4, 0.5) is 0 Å². The minimum atomic E-state index is -1.22. The Morgan fingerprint density at radius 3 is 2.62 bits per heavy atom. The Hall–Kier alpha value is -4.79. The quantitative estimate of drug-likeness (QED) is 0.393. The van der Waals surface area contributed by atoms with Crippen LogP contribution < -0.4 is 19.5 Å². The van der Waals surface area contributed by atoms with Gasteiger partial charge in [0.05, 0.1) is 19.3 Å². The molecule has 2 amide bonds. The molecule has 0 bridgehead atoms. The van der Waals surface area contributed by atoms with Crippen LogP contribution in [0.25, 0.3) is 11.3 Å². The van der Waals surface area contributed by atoms with Gasteiger partial charge in [0.2, 0.25) is 12.7 Å². The van der Waals surface area contributed by atoms with Gasteiger partial charge in [-0.05, 0) is 36.8 Å². The first kappa shape index (κ1) is 24.5. The number of para-hydroxylation sites is 1. The summed E-state index contributed by atoms with van der Waals surface area (Å²) in [5.41, 5.74) is 2.46. The first-order valence-corrected chi connectivity index (χ1v) is 12.7. The number of ether oxygens (including phenoxy) is 3. The molecule has 0 saturated carbocycles. The summed E-state index contributed by atoms with van der Waals surface area (Å²) in [6.45, 7) is 2.60. The lowest BCUT2D eigenvalue weighted by Gasteiger charge is -2.43. The van der Waals surface area contributed by atoms with Crippen LogP contribution in [0.15, 0.2) is 78.9 Å². The van der Waals surface area contributed by atoms with Crippen molar-refractivity contribution >= 4 is 11.8 Å². The largest absolute Gasteiger partial charge is 0.496 e. The van der Waals surface area contributed by atoms with E-state index in [0.717, 1.165) is 16.7 Å². The summed E-state index contributed by atoms with van der Waals surface area (Å²) in [5.74, 6) is 1.40. The summed E-state index contributed by atoms with van der Waals surface area (Å²) >= 11 is 0. The van der Waals surface area contributed by atoms with E-state index in [1.165, 1.54) is 0 Å². The molecule has 9 heteroatoms. The summed E-state index contributed by atoms with van der Waals surface area (Å²) in [6, 6.07) is 24.5. The number of benzene rings is 3. The fraction of sp³-hybridized carbons (Fsp3) is 0.233. The number of methoxy groups -OCH3 is 1. The molecular formula is C30H28N4O5. The molecule has 39 heavy (non-hydrogen) atoms. The lowest BCUT2D eigenvalue weighted by Crippen LogP contribution is -2.63. The van der Waals surface area contributed by atoms with Crippen molar-refractivity contribution in [2.75, 3.05) is 13.9 Å². The van der Waals surface area contributed by atoms with Crippen LogP contribution in [0.2, 0.25) is 0 Å². The Balaban J connectivity index is 1.34. The molecule has 0 fully saturated rings. The zero-order valence-electron chi connectivity index (χ0n) is 21.7. The molecule has 0 radical (unpaired) electrons. The van der Waals surface area contributed by atoms with Crippen LogP contribution in [0.1, 0.15) is 28.5 Å². The van der Waals surface area contributed by atoms with Gasteiger partial charge < -0.3 is 24.4 Å². The monoisotopic (exact) mass is 524 g/mol. The Morgan fingerprint density at radius 1 is 1.03 bits per heavy atom. The highest BCUT2D eigenvalue weighted by Crippen LogP contribution is 2.35. The molecule has 198 valence electrons. The third-order valence-corrected chi connectivity index (χ3v) is 7.27. The minimum absolute atomic E-state index is 0.159. The summed E-state index contributed by atoms with van der Waals surface area (Å²) in [7, 11) is 1.60. The molecule has 0 spiro atoms. The Kier molecular flexibility index (Phi) is 6.18. The Labute approximate surface area is 225 Å². The van der Waals surface area contributed by atoms with Crippen LogP contribution in [0.5, 0.6) is 17.2 Å². The topological polar surface area (TPSA) is 94.9 Å². The number of aromatic nitrogens is 2. The fourth-order valence-electron chi connectivity index (χ4n) is 5.08. The highest BCUT2D eigenvalue weighted by Gasteiger charge is 2.48. The molecule has 2 aliphatic rings. The van der Waals surface area contributed by atoms with Crippen LogP contribution >= 0.6 is 0 Å². The van der Waals surface area contributed by atoms with Crippen molar-refractivity contribution in [3.8, 4) is 28.5 Å². The average molecular weight is 525 g/mol. The Morgan fingerprint density at radius 2 is 1.79 bits per heavy atom. The van der Waals surface area contributed by atoms with Crippen LogP contribution in [-0.4, -0.2) is 45.9 Å². The van der Waals surface area contributed by atoms with E-state index >= 15 is 0 Å². The number of hydrogen-bond acceptors (Lipinski definition) is 6. The third-order valence-electron chi connectivity index (χ3n) is 7.27. The van der Waals surface area contributed by atoms with Gasteiger partial charge in [0.1, 0.15) is 17.0 Å². The van der Waals surface area contributed by atoms with E-state index < -0.39 is 5.54 Å². The van der Waals surface area contributed by atoms with Crippen molar-refractivity contribution in [3.63, 3.8) is 0 Å².